The van der Waals surface area contributed by atoms with E-state index in [1.54, 1.807) is 7.11 Å². The van der Waals surface area contributed by atoms with Crippen LogP contribution >= 0.6 is 0 Å². The predicted molar refractivity (Wildman–Crippen MR) is 71.2 cm³/mol. The molecule has 3 rings (SSSR count). The maximum atomic E-state index is 5.55. The Hall–Kier alpha value is -1.06. The fourth-order valence-electron chi connectivity index (χ4n) is 2.78. The highest BCUT2D eigenvalue weighted by Crippen LogP contribution is 2.48. The Morgan fingerprint density at radius 1 is 1.44 bits per heavy atom. The van der Waals surface area contributed by atoms with E-state index in [0.29, 0.717) is 0 Å². The van der Waals surface area contributed by atoms with E-state index in [0.717, 1.165) is 50.3 Å². The highest BCUT2D eigenvalue weighted by molar-refractivity contribution is 5.42. The molecule has 3 heteroatoms. The summed E-state index contributed by atoms with van der Waals surface area (Å²) in [7, 11) is 1.74. The SMILES string of the molecule is COCCNCC1CC1c1ccc2c(c1)CCO2. The molecule has 1 saturated carbocycles. The van der Waals surface area contributed by atoms with E-state index in [1.165, 1.54) is 17.5 Å². The van der Waals surface area contributed by atoms with Crippen LogP contribution < -0.4 is 10.1 Å². The molecule has 0 spiro atoms. The highest BCUT2D eigenvalue weighted by atomic mass is 16.5. The van der Waals surface area contributed by atoms with Crippen molar-refractivity contribution in [2.75, 3.05) is 33.4 Å². The number of methoxy groups -OCH3 is 1. The van der Waals surface area contributed by atoms with Gasteiger partial charge in [0.05, 0.1) is 13.2 Å². The van der Waals surface area contributed by atoms with Gasteiger partial charge in [0.2, 0.25) is 0 Å². The molecule has 18 heavy (non-hydrogen) atoms. The van der Waals surface area contributed by atoms with Crippen LogP contribution in [0.1, 0.15) is 23.5 Å². The second kappa shape index (κ2) is 5.29. The quantitative estimate of drug-likeness (QED) is 0.780. The third kappa shape index (κ3) is 2.52. The van der Waals surface area contributed by atoms with Gasteiger partial charge in [0.25, 0.3) is 0 Å². The zero-order valence-electron chi connectivity index (χ0n) is 10.9. The number of hydrogen-bond donors (Lipinski definition) is 1. The average molecular weight is 247 g/mol. The molecule has 0 aromatic heterocycles. The van der Waals surface area contributed by atoms with Crippen LogP contribution in [-0.4, -0.2) is 33.4 Å². The lowest BCUT2D eigenvalue weighted by Gasteiger charge is -2.05. The van der Waals surface area contributed by atoms with Crippen LogP contribution in [0.15, 0.2) is 18.2 Å². The minimum atomic E-state index is 0.756. The first-order valence-corrected chi connectivity index (χ1v) is 6.84. The number of rotatable bonds is 6. The standard InChI is InChI=1S/C15H21NO2/c1-17-7-5-16-10-13-9-14(13)11-2-3-15-12(8-11)4-6-18-15/h2-3,8,13-14,16H,4-7,9-10H2,1H3. The molecule has 0 amide bonds. The van der Waals surface area contributed by atoms with Gasteiger partial charge in [-0.15, -0.1) is 0 Å². The molecule has 1 aromatic rings. The molecule has 1 fully saturated rings. The van der Waals surface area contributed by atoms with Gasteiger partial charge in [-0.25, -0.2) is 0 Å². The molecular weight excluding hydrogens is 226 g/mol. The number of benzene rings is 1. The minimum Gasteiger partial charge on any atom is -0.493 e. The second-order valence-corrected chi connectivity index (χ2v) is 5.26. The summed E-state index contributed by atoms with van der Waals surface area (Å²) in [6.07, 6.45) is 2.40. The number of ether oxygens (including phenoxy) is 2. The van der Waals surface area contributed by atoms with Crippen molar-refractivity contribution in [3.8, 4) is 5.75 Å². The van der Waals surface area contributed by atoms with Gasteiger partial charge < -0.3 is 14.8 Å². The van der Waals surface area contributed by atoms with E-state index in [2.05, 4.69) is 23.5 Å². The third-order valence-electron chi connectivity index (χ3n) is 3.95. The lowest BCUT2D eigenvalue weighted by Crippen LogP contribution is -2.21. The van der Waals surface area contributed by atoms with E-state index in [4.69, 9.17) is 9.47 Å². The van der Waals surface area contributed by atoms with Crippen molar-refractivity contribution in [3.05, 3.63) is 29.3 Å². The topological polar surface area (TPSA) is 30.5 Å². The van der Waals surface area contributed by atoms with Gasteiger partial charge in [0.15, 0.2) is 0 Å². The first-order valence-electron chi connectivity index (χ1n) is 6.84. The Morgan fingerprint density at radius 3 is 3.28 bits per heavy atom. The average Bonchev–Trinajstić information content (AvgIpc) is 3.01. The van der Waals surface area contributed by atoms with Crippen LogP contribution in [0.5, 0.6) is 5.75 Å². The Kier molecular flexibility index (Phi) is 3.52. The number of fused-ring (bicyclic) bond motifs is 1. The van der Waals surface area contributed by atoms with Crippen molar-refractivity contribution in [3.63, 3.8) is 0 Å². The van der Waals surface area contributed by atoms with E-state index in [-0.39, 0.29) is 0 Å². The molecule has 1 aliphatic heterocycles. The van der Waals surface area contributed by atoms with Gasteiger partial charge in [-0.1, -0.05) is 12.1 Å². The van der Waals surface area contributed by atoms with Crippen molar-refractivity contribution in [2.24, 2.45) is 5.92 Å². The summed E-state index contributed by atoms with van der Waals surface area (Å²) < 4.78 is 10.6. The van der Waals surface area contributed by atoms with E-state index in [9.17, 15) is 0 Å². The Morgan fingerprint density at radius 2 is 2.39 bits per heavy atom. The molecule has 2 unspecified atom stereocenters. The smallest absolute Gasteiger partial charge is 0.122 e. The summed E-state index contributed by atoms with van der Waals surface area (Å²) in [5.41, 5.74) is 2.89. The van der Waals surface area contributed by atoms with Crippen molar-refractivity contribution in [2.45, 2.75) is 18.8 Å². The predicted octanol–water partition coefficient (Wildman–Crippen LogP) is 1.96. The maximum Gasteiger partial charge on any atom is 0.122 e. The summed E-state index contributed by atoms with van der Waals surface area (Å²) >= 11 is 0. The molecule has 2 aliphatic rings. The molecule has 3 nitrogen and oxygen atoms in total. The first kappa shape index (κ1) is 12.0. The fourth-order valence-corrected chi connectivity index (χ4v) is 2.78. The summed E-state index contributed by atoms with van der Waals surface area (Å²) in [4.78, 5) is 0. The van der Waals surface area contributed by atoms with Crippen molar-refractivity contribution in [1.82, 2.24) is 5.32 Å². The zero-order valence-corrected chi connectivity index (χ0v) is 10.9. The van der Waals surface area contributed by atoms with Gasteiger partial charge in [-0.3, -0.25) is 0 Å². The first-order chi connectivity index (χ1) is 8.88. The maximum absolute atomic E-state index is 5.55. The molecule has 1 heterocycles. The molecule has 2 atom stereocenters. The third-order valence-corrected chi connectivity index (χ3v) is 3.95. The van der Waals surface area contributed by atoms with Crippen molar-refractivity contribution >= 4 is 0 Å². The summed E-state index contributed by atoms with van der Waals surface area (Å²) in [6.45, 7) is 3.72. The number of nitrogens with one attached hydrogen (secondary N) is 1. The Labute approximate surface area is 108 Å². The molecular formula is C15H21NO2. The van der Waals surface area contributed by atoms with Crippen LogP contribution in [0.2, 0.25) is 0 Å². The van der Waals surface area contributed by atoms with Gasteiger partial charge in [-0.2, -0.15) is 0 Å². The molecule has 0 radical (unpaired) electrons. The lowest BCUT2D eigenvalue weighted by molar-refractivity contribution is 0.199. The van der Waals surface area contributed by atoms with Gasteiger partial charge >= 0.3 is 0 Å². The molecule has 0 saturated heterocycles. The van der Waals surface area contributed by atoms with E-state index in [1.807, 2.05) is 0 Å². The normalized spacial score (nSPS) is 24.7. The van der Waals surface area contributed by atoms with Crippen LogP contribution in [0, 0.1) is 5.92 Å². The minimum absolute atomic E-state index is 0.756. The second-order valence-electron chi connectivity index (χ2n) is 5.26. The zero-order chi connectivity index (χ0) is 12.4. The summed E-state index contributed by atoms with van der Waals surface area (Å²) in [6, 6.07) is 6.73. The van der Waals surface area contributed by atoms with Crippen LogP contribution in [0.25, 0.3) is 0 Å². The molecule has 0 bridgehead atoms. The summed E-state index contributed by atoms with van der Waals surface area (Å²) in [5, 5.41) is 3.45. The fraction of sp³-hybridized carbons (Fsp3) is 0.600. The van der Waals surface area contributed by atoms with Crippen molar-refractivity contribution < 1.29 is 9.47 Å². The Balaban J connectivity index is 1.51. The van der Waals surface area contributed by atoms with Gasteiger partial charge in [0, 0.05) is 20.1 Å². The van der Waals surface area contributed by atoms with Crippen LogP contribution in [0.4, 0.5) is 0 Å². The number of hydrogen-bond acceptors (Lipinski definition) is 3. The van der Waals surface area contributed by atoms with E-state index < -0.39 is 0 Å². The molecule has 1 N–H and O–H groups in total. The van der Waals surface area contributed by atoms with Crippen LogP contribution in [0.3, 0.4) is 0 Å². The van der Waals surface area contributed by atoms with Crippen molar-refractivity contribution in [1.29, 1.82) is 0 Å². The lowest BCUT2D eigenvalue weighted by atomic mass is 10.0. The monoisotopic (exact) mass is 247 g/mol. The Bertz CT molecular complexity index is 419. The van der Waals surface area contributed by atoms with Gasteiger partial charge in [0.1, 0.15) is 5.75 Å². The van der Waals surface area contributed by atoms with Gasteiger partial charge in [-0.05, 0) is 42.0 Å². The molecule has 1 aliphatic carbocycles. The molecule has 98 valence electrons. The highest BCUT2D eigenvalue weighted by Gasteiger charge is 2.38. The summed E-state index contributed by atoms with van der Waals surface area (Å²) in [5.74, 6) is 2.65. The van der Waals surface area contributed by atoms with Crippen LogP contribution in [-0.2, 0) is 11.2 Å². The largest absolute Gasteiger partial charge is 0.493 e. The molecule has 1 aromatic carbocycles. The van der Waals surface area contributed by atoms with E-state index >= 15 is 0 Å².